The molecule has 0 aliphatic heterocycles. The van der Waals surface area contributed by atoms with Crippen LogP contribution in [0.4, 0.5) is 5.69 Å². The summed E-state index contributed by atoms with van der Waals surface area (Å²) in [6.45, 7) is 1.76. The van der Waals surface area contributed by atoms with Crippen LogP contribution >= 0.6 is 23.5 Å². The van der Waals surface area contributed by atoms with E-state index in [-0.39, 0.29) is 11.7 Å². The summed E-state index contributed by atoms with van der Waals surface area (Å²) >= 11 is 3.01. The number of nitrogens with one attached hydrogen (secondary N) is 1. The lowest BCUT2D eigenvalue weighted by molar-refractivity contribution is -0.113. The maximum absolute atomic E-state index is 12.1. The number of benzene rings is 1. The van der Waals surface area contributed by atoms with Crippen molar-refractivity contribution in [1.29, 1.82) is 0 Å². The quantitative estimate of drug-likeness (QED) is 0.657. The van der Waals surface area contributed by atoms with E-state index in [4.69, 9.17) is 4.52 Å². The molecular weight excluding hydrogens is 356 g/mol. The molecule has 128 valence electrons. The van der Waals surface area contributed by atoms with E-state index in [0.29, 0.717) is 11.7 Å². The number of aromatic nitrogens is 3. The van der Waals surface area contributed by atoms with Crippen molar-refractivity contribution in [2.45, 2.75) is 16.8 Å². The van der Waals surface area contributed by atoms with Gasteiger partial charge in [0.1, 0.15) is 0 Å². The molecule has 1 N–H and O–H groups in total. The fraction of sp³-hybridized carbons (Fsp3) is 0.176. The highest BCUT2D eigenvalue weighted by molar-refractivity contribution is 8.00. The first-order valence-corrected chi connectivity index (χ1v) is 9.68. The van der Waals surface area contributed by atoms with Gasteiger partial charge in [0.15, 0.2) is 5.82 Å². The second kappa shape index (κ2) is 8.17. The molecule has 2 aromatic heterocycles. The Morgan fingerprint density at radius 2 is 2.16 bits per heavy atom. The van der Waals surface area contributed by atoms with Crippen molar-refractivity contribution in [1.82, 2.24) is 15.1 Å². The summed E-state index contributed by atoms with van der Waals surface area (Å²) in [6.07, 6.45) is 3.66. The monoisotopic (exact) mass is 372 g/mol. The zero-order valence-electron chi connectivity index (χ0n) is 13.7. The Morgan fingerprint density at radius 1 is 1.28 bits per heavy atom. The van der Waals surface area contributed by atoms with E-state index >= 15 is 0 Å². The molecule has 1 aromatic carbocycles. The number of aryl methyl sites for hydroxylation is 1. The van der Waals surface area contributed by atoms with Crippen LogP contribution in [-0.4, -0.2) is 33.0 Å². The number of hydrogen-bond donors (Lipinski definition) is 1. The molecule has 2 heterocycles. The van der Waals surface area contributed by atoms with Crippen LogP contribution in [0.3, 0.4) is 0 Å². The molecule has 0 aliphatic carbocycles. The van der Waals surface area contributed by atoms with Gasteiger partial charge in [0.2, 0.25) is 5.91 Å². The lowest BCUT2D eigenvalue weighted by atomic mass is 10.3. The van der Waals surface area contributed by atoms with Gasteiger partial charge < -0.3 is 9.84 Å². The molecule has 1 amide bonds. The van der Waals surface area contributed by atoms with Gasteiger partial charge in [-0.05, 0) is 43.5 Å². The van der Waals surface area contributed by atoms with E-state index in [0.717, 1.165) is 21.2 Å². The highest BCUT2D eigenvalue weighted by Gasteiger charge is 2.08. The number of pyridine rings is 1. The predicted molar refractivity (Wildman–Crippen MR) is 99.8 cm³/mol. The summed E-state index contributed by atoms with van der Waals surface area (Å²) in [4.78, 5) is 21.7. The first-order chi connectivity index (χ1) is 12.1. The molecule has 0 aliphatic rings. The van der Waals surface area contributed by atoms with E-state index in [1.54, 1.807) is 24.9 Å². The third kappa shape index (κ3) is 4.83. The number of amides is 1. The van der Waals surface area contributed by atoms with Crippen LogP contribution in [0.5, 0.6) is 0 Å². The smallest absolute Gasteiger partial charge is 0.259 e. The summed E-state index contributed by atoms with van der Waals surface area (Å²) in [5.74, 6) is 1.24. The van der Waals surface area contributed by atoms with E-state index in [2.05, 4.69) is 20.4 Å². The molecular formula is C17H16N4O2S2. The number of carbonyl (C=O) groups is 1. The maximum atomic E-state index is 12.1. The molecule has 0 saturated heterocycles. The zero-order chi connectivity index (χ0) is 17.6. The predicted octanol–water partition coefficient (Wildman–Crippen LogP) is 3.89. The number of carbonyl (C=O) groups excluding carboxylic acids is 1. The average Bonchev–Trinajstić information content (AvgIpc) is 3.07. The lowest BCUT2D eigenvalue weighted by Crippen LogP contribution is -2.14. The van der Waals surface area contributed by atoms with Crippen molar-refractivity contribution in [3.63, 3.8) is 0 Å². The average molecular weight is 372 g/mol. The van der Waals surface area contributed by atoms with Gasteiger partial charge in [-0.15, -0.1) is 11.8 Å². The van der Waals surface area contributed by atoms with Gasteiger partial charge >= 0.3 is 0 Å². The van der Waals surface area contributed by atoms with Gasteiger partial charge in [-0.3, -0.25) is 4.79 Å². The zero-order valence-corrected chi connectivity index (χ0v) is 15.4. The first-order valence-electron chi connectivity index (χ1n) is 7.47. The van der Waals surface area contributed by atoms with Gasteiger partial charge in [0, 0.05) is 16.8 Å². The van der Waals surface area contributed by atoms with Crippen molar-refractivity contribution in [2.24, 2.45) is 0 Å². The number of rotatable bonds is 6. The molecule has 0 saturated carbocycles. The van der Waals surface area contributed by atoms with Gasteiger partial charge in [0.25, 0.3) is 5.89 Å². The minimum Gasteiger partial charge on any atom is -0.334 e. The largest absolute Gasteiger partial charge is 0.334 e. The molecule has 25 heavy (non-hydrogen) atoms. The molecule has 3 aromatic rings. The van der Waals surface area contributed by atoms with Crippen molar-refractivity contribution in [2.75, 3.05) is 17.3 Å². The first kappa shape index (κ1) is 17.5. The maximum Gasteiger partial charge on any atom is 0.259 e. The highest BCUT2D eigenvalue weighted by atomic mass is 32.2. The standard InChI is InChI=1S/C17H16N4O2S2/c1-11-19-17(23-21-11)12-6-7-16(18-9-12)25-10-15(22)20-13-4-3-5-14(8-13)24-2/h3-9H,10H2,1-2H3,(H,20,22). The minimum atomic E-state index is -0.0679. The number of nitrogens with zero attached hydrogens (tertiary/aromatic N) is 3. The number of anilines is 1. The second-order valence-corrected chi connectivity index (χ2v) is 6.98. The van der Waals surface area contributed by atoms with Crippen LogP contribution in [0.2, 0.25) is 0 Å². The van der Waals surface area contributed by atoms with E-state index in [1.807, 2.05) is 42.7 Å². The lowest BCUT2D eigenvalue weighted by Gasteiger charge is -2.06. The highest BCUT2D eigenvalue weighted by Crippen LogP contribution is 2.22. The number of hydrogen-bond acceptors (Lipinski definition) is 7. The van der Waals surface area contributed by atoms with Crippen molar-refractivity contribution < 1.29 is 9.32 Å². The molecule has 8 heteroatoms. The summed E-state index contributed by atoms with van der Waals surface area (Å²) < 4.78 is 5.10. The molecule has 0 spiro atoms. The fourth-order valence-corrected chi connectivity index (χ4v) is 3.15. The normalized spacial score (nSPS) is 10.6. The van der Waals surface area contributed by atoms with Crippen LogP contribution < -0.4 is 5.32 Å². The third-order valence-corrected chi connectivity index (χ3v) is 4.88. The summed E-state index contributed by atoms with van der Waals surface area (Å²) in [6, 6.07) is 11.4. The molecule has 0 fully saturated rings. The Balaban J connectivity index is 1.55. The van der Waals surface area contributed by atoms with Gasteiger partial charge in [-0.2, -0.15) is 4.98 Å². The van der Waals surface area contributed by atoms with Crippen molar-refractivity contribution >= 4 is 35.1 Å². The van der Waals surface area contributed by atoms with Crippen molar-refractivity contribution in [3.8, 4) is 11.5 Å². The fourth-order valence-electron chi connectivity index (χ4n) is 2.04. The van der Waals surface area contributed by atoms with Crippen LogP contribution in [0.25, 0.3) is 11.5 Å². The molecule has 6 nitrogen and oxygen atoms in total. The van der Waals surface area contributed by atoms with Crippen molar-refractivity contribution in [3.05, 3.63) is 48.4 Å². The molecule has 0 radical (unpaired) electrons. The van der Waals surface area contributed by atoms with Crippen LogP contribution in [-0.2, 0) is 4.79 Å². The van der Waals surface area contributed by atoms with Crippen LogP contribution in [0.15, 0.2) is 57.0 Å². The Morgan fingerprint density at radius 3 is 2.84 bits per heavy atom. The molecule has 0 atom stereocenters. The molecule has 0 unspecified atom stereocenters. The Kier molecular flexibility index (Phi) is 5.72. The minimum absolute atomic E-state index is 0.0679. The second-order valence-electron chi connectivity index (χ2n) is 5.10. The molecule has 0 bridgehead atoms. The third-order valence-electron chi connectivity index (χ3n) is 3.22. The SMILES string of the molecule is CSc1cccc(NC(=O)CSc2ccc(-c3nc(C)no3)cn2)c1. The molecule has 3 rings (SSSR count). The summed E-state index contributed by atoms with van der Waals surface area (Å²) in [7, 11) is 0. The number of thioether (sulfide) groups is 2. The van der Waals surface area contributed by atoms with Crippen LogP contribution in [0, 0.1) is 6.92 Å². The topological polar surface area (TPSA) is 80.9 Å². The summed E-state index contributed by atoms with van der Waals surface area (Å²) in [5.41, 5.74) is 1.55. The Hall–Kier alpha value is -2.32. The Labute approximate surface area is 153 Å². The van der Waals surface area contributed by atoms with Gasteiger partial charge in [-0.25, -0.2) is 4.98 Å². The van der Waals surface area contributed by atoms with E-state index < -0.39 is 0 Å². The summed E-state index contributed by atoms with van der Waals surface area (Å²) in [5, 5.41) is 7.40. The van der Waals surface area contributed by atoms with Gasteiger partial charge in [-0.1, -0.05) is 23.0 Å². The van der Waals surface area contributed by atoms with E-state index in [1.165, 1.54) is 11.8 Å². The van der Waals surface area contributed by atoms with E-state index in [9.17, 15) is 4.79 Å². The van der Waals surface area contributed by atoms with Gasteiger partial charge in [0.05, 0.1) is 16.3 Å². The van der Waals surface area contributed by atoms with Crippen LogP contribution in [0.1, 0.15) is 5.82 Å². The Bertz CT molecular complexity index is 865.